The summed E-state index contributed by atoms with van der Waals surface area (Å²) < 4.78 is 0. The van der Waals surface area contributed by atoms with Crippen LogP contribution in [0.5, 0.6) is 0 Å². The number of likely N-dealkylation sites (tertiary alicyclic amines) is 1. The quantitative estimate of drug-likeness (QED) is 0.714. The van der Waals surface area contributed by atoms with Gasteiger partial charge in [0.2, 0.25) is 0 Å². The molecular formula is C17H36N2. The van der Waals surface area contributed by atoms with Gasteiger partial charge < -0.3 is 5.32 Å². The molecule has 0 bridgehead atoms. The molecule has 2 nitrogen and oxygen atoms in total. The molecule has 2 heteroatoms. The fraction of sp³-hybridized carbons (Fsp3) is 1.00. The van der Waals surface area contributed by atoms with Crippen molar-refractivity contribution in [1.82, 2.24) is 10.2 Å². The molecule has 19 heavy (non-hydrogen) atoms. The van der Waals surface area contributed by atoms with Crippen LogP contribution in [0.25, 0.3) is 0 Å². The maximum atomic E-state index is 3.69. The van der Waals surface area contributed by atoms with Crippen molar-refractivity contribution in [3.8, 4) is 0 Å². The molecule has 1 heterocycles. The summed E-state index contributed by atoms with van der Waals surface area (Å²) >= 11 is 0. The lowest BCUT2D eigenvalue weighted by Gasteiger charge is -2.31. The van der Waals surface area contributed by atoms with Crippen molar-refractivity contribution >= 4 is 0 Å². The molecule has 2 atom stereocenters. The Morgan fingerprint density at radius 3 is 2.58 bits per heavy atom. The van der Waals surface area contributed by atoms with Crippen LogP contribution in [0.15, 0.2) is 0 Å². The summed E-state index contributed by atoms with van der Waals surface area (Å²) in [5.74, 6) is 0.912. The number of hydrogen-bond acceptors (Lipinski definition) is 2. The maximum absolute atomic E-state index is 3.69. The van der Waals surface area contributed by atoms with E-state index >= 15 is 0 Å². The molecule has 0 aliphatic carbocycles. The van der Waals surface area contributed by atoms with Crippen LogP contribution in [0.2, 0.25) is 0 Å². The van der Waals surface area contributed by atoms with Gasteiger partial charge in [0.15, 0.2) is 0 Å². The molecule has 0 aromatic rings. The second kappa shape index (κ2) is 8.26. The van der Waals surface area contributed by atoms with Crippen molar-refractivity contribution in [1.29, 1.82) is 0 Å². The van der Waals surface area contributed by atoms with E-state index in [-0.39, 0.29) is 5.54 Å². The summed E-state index contributed by atoms with van der Waals surface area (Å²) in [5.41, 5.74) is 0.251. The molecule has 1 N–H and O–H groups in total. The van der Waals surface area contributed by atoms with Gasteiger partial charge in [0.05, 0.1) is 0 Å². The molecule has 1 fully saturated rings. The van der Waals surface area contributed by atoms with Crippen LogP contribution < -0.4 is 5.32 Å². The van der Waals surface area contributed by atoms with Crippen molar-refractivity contribution in [2.24, 2.45) is 5.92 Å². The molecular weight excluding hydrogens is 232 g/mol. The van der Waals surface area contributed by atoms with Crippen LogP contribution in [-0.4, -0.2) is 36.1 Å². The Morgan fingerprint density at radius 2 is 2.00 bits per heavy atom. The van der Waals surface area contributed by atoms with Crippen LogP contribution >= 0.6 is 0 Å². The fourth-order valence-electron chi connectivity index (χ4n) is 3.04. The monoisotopic (exact) mass is 268 g/mol. The third-order valence-corrected chi connectivity index (χ3v) is 4.40. The first-order valence-corrected chi connectivity index (χ1v) is 8.45. The topological polar surface area (TPSA) is 15.3 Å². The van der Waals surface area contributed by atoms with Crippen LogP contribution in [0.1, 0.15) is 73.1 Å². The molecule has 0 aromatic heterocycles. The van der Waals surface area contributed by atoms with Gasteiger partial charge in [-0.05, 0) is 52.5 Å². The Labute approximate surface area is 121 Å². The minimum atomic E-state index is 0.251. The van der Waals surface area contributed by atoms with E-state index in [9.17, 15) is 0 Å². The second-order valence-electron chi connectivity index (χ2n) is 7.34. The minimum Gasteiger partial charge on any atom is -0.311 e. The molecule has 1 aliphatic heterocycles. The Bertz CT molecular complexity index is 232. The first kappa shape index (κ1) is 17.0. The summed E-state index contributed by atoms with van der Waals surface area (Å²) in [5, 5.41) is 3.69. The molecule has 1 saturated heterocycles. The maximum Gasteiger partial charge on any atom is 0.0221 e. The molecule has 0 radical (unpaired) electrons. The highest BCUT2D eigenvalue weighted by molar-refractivity contribution is 4.84. The van der Waals surface area contributed by atoms with E-state index in [1.807, 2.05) is 0 Å². The summed E-state index contributed by atoms with van der Waals surface area (Å²) in [7, 11) is 0. The van der Waals surface area contributed by atoms with Crippen LogP contribution in [0.3, 0.4) is 0 Å². The summed E-state index contributed by atoms with van der Waals surface area (Å²) in [6, 6.07) is 0.773. The molecule has 0 spiro atoms. The zero-order valence-electron chi connectivity index (χ0n) is 14.0. The van der Waals surface area contributed by atoms with Gasteiger partial charge in [-0.25, -0.2) is 0 Å². The van der Waals surface area contributed by atoms with Gasteiger partial charge in [0.25, 0.3) is 0 Å². The number of hydrogen-bond donors (Lipinski definition) is 1. The van der Waals surface area contributed by atoms with Gasteiger partial charge in [-0.3, -0.25) is 4.90 Å². The molecule has 1 aliphatic rings. The fourth-order valence-corrected chi connectivity index (χ4v) is 3.04. The van der Waals surface area contributed by atoms with E-state index in [0.717, 1.165) is 18.5 Å². The SMILES string of the molecule is CCCCC(CC)CN1CCCC1CNC(C)(C)C. The number of nitrogens with zero attached hydrogens (tertiary/aromatic N) is 1. The van der Waals surface area contributed by atoms with E-state index in [1.54, 1.807) is 0 Å². The summed E-state index contributed by atoms with van der Waals surface area (Å²) in [6.45, 7) is 15.3. The zero-order chi connectivity index (χ0) is 14.3. The third kappa shape index (κ3) is 6.76. The second-order valence-corrected chi connectivity index (χ2v) is 7.34. The van der Waals surface area contributed by atoms with Crippen LogP contribution in [0.4, 0.5) is 0 Å². The van der Waals surface area contributed by atoms with Crippen molar-refractivity contribution in [2.45, 2.75) is 84.7 Å². The highest BCUT2D eigenvalue weighted by atomic mass is 15.2. The van der Waals surface area contributed by atoms with Crippen molar-refractivity contribution in [3.63, 3.8) is 0 Å². The van der Waals surface area contributed by atoms with E-state index in [0.29, 0.717) is 0 Å². The van der Waals surface area contributed by atoms with Crippen molar-refractivity contribution < 1.29 is 0 Å². The van der Waals surface area contributed by atoms with E-state index in [2.05, 4.69) is 44.8 Å². The first-order chi connectivity index (χ1) is 8.96. The highest BCUT2D eigenvalue weighted by Crippen LogP contribution is 2.22. The standard InChI is InChI=1S/C17H36N2/c1-6-8-10-15(7-2)14-19-12-9-11-16(19)13-18-17(3,4)5/h15-16,18H,6-14H2,1-5H3. The number of nitrogens with one attached hydrogen (secondary N) is 1. The van der Waals surface area contributed by atoms with Crippen molar-refractivity contribution in [3.05, 3.63) is 0 Å². The number of unbranched alkanes of at least 4 members (excludes halogenated alkanes) is 1. The van der Waals surface area contributed by atoms with Gasteiger partial charge in [0, 0.05) is 24.7 Å². The highest BCUT2D eigenvalue weighted by Gasteiger charge is 2.26. The summed E-state index contributed by atoms with van der Waals surface area (Å²) in [6.07, 6.45) is 8.27. The van der Waals surface area contributed by atoms with E-state index in [1.165, 1.54) is 51.6 Å². The van der Waals surface area contributed by atoms with Gasteiger partial charge in [-0.1, -0.05) is 33.1 Å². The van der Waals surface area contributed by atoms with Gasteiger partial charge in [0.1, 0.15) is 0 Å². The largest absolute Gasteiger partial charge is 0.311 e. The lowest BCUT2D eigenvalue weighted by atomic mass is 9.98. The molecule has 0 amide bonds. The Kier molecular flexibility index (Phi) is 7.38. The smallest absolute Gasteiger partial charge is 0.0221 e. The van der Waals surface area contributed by atoms with Crippen LogP contribution in [0, 0.1) is 5.92 Å². The lowest BCUT2D eigenvalue weighted by Crippen LogP contribution is -2.46. The van der Waals surface area contributed by atoms with Crippen LogP contribution in [-0.2, 0) is 0 Å². The zero-order valence-corrected chi connectivity index (χ0v) is 14.0. The average molecular weight is 268 g/mol. The normalized spacial score (nSPS) is 22.9. The molecule has 2 unspecified atom stereocenters. The van der Waals surface area contributed by atoms with Crippen molar-refractivity contribution in [2.75, 3.05) is 19.6 Å². The predicted molar refractivity (Wildman–Crippen MR) is 85.7 cm³/mol. The first-order valence-electron chi connectivity index (χ1n) is 8.45. The molecule has 114 valence electrons. The minimum absolute atomic E-state index is 0.251. The lowest BCUT2D eigenvalue weighted by molar-refractivity contribution is 0.192. The van der Waals surface area contributed by atoms with E-state index < -0.39 is 0 Å². The molecule has 0 aromatic carbocycles. The van der Waals surface area contributed by atoms with Gasteiger partial charge in [-0.15, -0.1) is 0 Å². The average Bonchev–Trinajstić information content (AvgIpc) is 2.78. The predicted octanol–water partition coefficient (Wildman–Crippen LogP) is 4.06. The molecule has 0 saturated carbocycles. The van der Waals surface area contributed by atoms with Gasteiger partial charge in [-0.2, -0.15) is 0 Å². The Hall–Kier alpha value is -0.0800. The Balaban J connectivity index is 2.37. The number of rotatable bonds is 8. The van der Waals surface area contributed by atoms with Gasteiger partial charge >= 0.3 is 0 Å². The van der Waals surface area contributed by atoms with E-state index in [4.69, 9.17) is 0 Å². The summed E-state index contributed by atoms with van der Waals surface area (Å²) in [4.78, 5) is 2.75. The molecule has 1 rings (SSSR count). The third-order valence-electron chi connectivity index (χ3n) is 4.40. The Morgan fingerprint density at radius 1 is 1.26 bits per heavy atom.